The monoisotopic (exact) mass is 1060 g/mol. The normalized spacial score (nSPS) is 24.0. The van der Waals surface area contributed by atoms with Crippen molar-refractivity contribution in [2.75, 3.05) is 45.9 Å². The molecule has 1 unspecified atom stereocenters. The molecule has 5 aromatic rings. The second-order valence-electron chi connectivity index (χ2n) is 20.6. The van der Waals surface area contributed by atoms with Gasteiger partial charge in [-0.2, -0.15) is 5.10 Å². The molecule has 14 nitrogen and oxygen atoms in total. The molecule has 19 heteroatoms. The lowest BCUT2D eigenvalue weighted by atomic mass is 9.77. The van der Waals surface area contributed by atoms with Gasteiger partial charge in [-0.25, -0.2) is 13.2 Å². The smallest absolute Gasteiger partial charge is 0.249 e. The minimum Gasteiger partial charge on any atom is -0.488 e. The van der Waals surface area contributed by atoms with Crippen LogP contribution < -0.4 is 25.8 Å². The van der Waals surface area contributed by atoms with E-state index < -0.39 is 46.7 Å². The van der Waals surface area contributed by atoms with E-state index >= 15 is 13.2 Å². The van der Waals surface area contributed by atoms with Crippen molar-refractivity contribution < 1.29 is 46.9 Å². The Morgan fingerprint density at radius 3 is 2.31 bits per heavy atom. The molecule has 1 aromatic heterocycles. The average molecular weight is 1060 g/mol. The van der Waals surface area contributed by atoms with Crippen molar-refractivity contribution in [3.8, 4) is 22.6 Å². The second-order valence-corrected chi connectivity index (χ2v) is 21.4. The number of nitrogens with two attached hydrogens (primary N) is 1. The number of carbonyl (C=O) groups is 4. The number of primary amides is 1. The average Bonchev–Trinajstić information content (AvgIpc) is 3.88. The number of aliphatic hydroxyl groups excluding tert-OH is 1. The molecule has 0 spiro atoms. The number of aryl methyl sites for hydroxylation is 1. The number of halogens is 5. The van der Waals surface area contributed by atoms with E-state index in [0.29, 0.717) is 69.7 Å². The Kier molecular flexibility index (Phi) is 14.8. The summed E-state index contributed by atoms with van der Waals surface area (Å²) in [7, 11) is 1.59. The maximum atomic E-state index is 16.6. The number of nitrogens with one attached hydrogen (secondary N) is 2. The zero-order valence-electron chi connectivity index (χ0n) is 41.3. The predicted octanol–water partition coefficient (Wildman–Crippen LogP) is 8.37. The van der Waals surface area contributed by atoms with Gasteiger partial charge in [0.25, 0.3) is 0 Å². The van der Waals surface area contributed by atoms with Gasteiger partial charge in [0.1, 0.15) is 23.7 Å². The summed E-state index contributed by atoms with van der Waals surface area (Å²) in [6.07, 6.45) is 6.12. The van der Waals surface area contributed by atoms with Gasteiger partial charge in [-0.05, 0) is 101 Å². The summed E-state index contributed by atoms with van der Waals surface area (Å²) in [5, 5.41) is 20.3. The number of imide groups is 1. The molecule has 74 heavy (non-hydrogen) atoms. The van der Waals surface area contributed by atoms with Crippen LogP contribution >= 0.6 is 23.2 Å². The van der Waals surface area contributed by atoms with Crippen LogP contribution in [-0.2, 0) is 27.0 Å². The van der Waals surface area contributed by atoms with Crippen LogP contribution in [0.25, 0.3) is 22.0 Å². The standard InChI is InChI=1S/C55H60Cl2F3N7O7/c1-29-43-41(27-38(56)47(57)46(43)45-35(52(61)70)12-14-40(48(45)59)73-25-24-68)74-55(29,32-6-4-3-5-7-32)28-62-33-10-8-31(9-11-33)54(72)67-22-18-34(19-23-67)66-20-16-30(17-21-66)44-39(58)26-37-50(64-65(2)51(37)49(44)60)36-13-15-42(69)63-53(36)71/h3-7,12,14,26-27,29-31,33-34,36,62,68H,8-11,13,15-25,28H2,1-2H3,(H2,61,70)(H,63,69,71)/t29-,31?,33?,36?,55-/m0/s1. The van der Waals surface area contributed by atoms with Gasteiger partial charge in [-0.3, -0.25) is 29.2 Å². The van der Waals surface area contributed by atoms with Crippen molar-refractivity contribution in [3.63, 3.8) is 0 Å². The first-order chi connectivity index (χ1) is 35.6. The second kappa shape index (κ2) is 21.1. The number of nitrogens with zero attached hydrogens (tertiary/aromatic N) is 4. The molecule has 3 saturated heterocycles. The van der Waals surface area contributed by atoms with Gasteiger partial charge in [0.05, 0.1) is 33.8 Å². The number of ether oxygens (including phenoxy) is 2. The Morgan fingerprint density at radius 1 is 0.919 bits per heavy atom. The molecular weight excluding hydrogens is 999 g/mol. The van der Waals surface area contributed by atoms with Crippen LogP contribution in [0.5, 0.6) is 11.5 Å². The molecule has 10 rings (SSSR count). The van der Waals surface area contributed by atoms with Crippen LogP contribution in [-0.4, -0.2) is 106 Å². The topological polar surface area (TPSA) is 181 Å². The zero-order chi connectivity index (χ0) is 52.2. The maximum absolute atomic E-state index is 16.6. The van der Waals surface area contributed by atoms with Crippen molar-refractivity contribution in [2.24, 2.45) is 18.7 Å². The van der Waals surface area contributed by atoms with Gasteiger partial charge >= 0.3 is 0 Å². The molecule has 1 saturated carbocycles. The molecule has 5 aliphatic rings. The largest absolute Gasteiger partial charge is 0.488 e. The first kappa shape index (κ1) is 51.8. The predicted molar refractivity (Wildman–Crippen MR) is 273 cm³/mol. The van der Waals surface area contributed by atoms with E-state index in [0.717, 1.165) is 31.2 Å². The molecule has 0 bridgehead atoms. The lowest BCUT2D eigenvalue weighted by molar-refractivity contribution is -0.138. The number of aliphatic hydroxyl groups is 1. The molecule has 392 valence electrons. The van der Waals surface area contributed by atoms with E-state index in [1.807, 2.05) is 42.2 Å². The number of fused-ring (bicyclic) bond motifs is 2. The number of amides is 4. The van der Waals surface area contributed by atoms with Crippen molar-refractivity contribution in [1.29, 1.82) is 0 Å². The molecular formula is C55H60Cl2F3N7O7. The molecule has 4 amide bonds. The highest BCUT2D eigenvalue weighted by molar-refractivity contribution is 6.44. The zero-order valence-corrected chi connectivity index (χ0v) is 42.8. The number of hydrogen-bond donors (Lipinski definition) is 4. The first-order valence-corrected chi connectivity index (χ1v) is 26.4. The van der Waals surface area contributed by atoms with Gasteiger partial charge in [-0.15, -0.1) is 0 Å². The molecule has 4 fully saturated rings. The third-order valence-electron chi connectivity index (χ3n) is 16.5. The van der Waals surface area contributed by atoms with Gasteiger partial charge in [-0.1, -0.05) is 60.5 Å². The molecule has 4 aliphatic heterocycles. The molecule has 4 aromatic carbocycles. The van der Waals surface area contributed by atoms with E-state index in [-0.39, 0.29) is 116 Å². The van der Waals surface area contributed by atoms with Crippen LogP contribution in [0.2, 0.25) is 10.0 Å². The summed E-state index contributed by atoms with van der Waals surface area (Å²) in [4.78, 5) is 55.7. The van der Waals surface area contributed by atoms with Crippen LogP contribution in [0, 0.1) is 23.4 Å². The van der Waals surface area contributed by atoms with E-state index in [4.69, 9.17) is 38.4 Å². The van der Waals surface area contributed by atoms with E-state index in [1.54, 1.807) is 13.1 Å². The first-order valence-electron chi connectivity index (χ1n) is 25.7. The molecule has 5 heterocycles. The van der Waals surface area contributed by atoms with Gasteiger partial charge in [0.2, 0.25) is 23.6 Å². The lowest BCUT2D eigenvalue weighted by Crippen LogP contribution is -2.51. The van der Waals surface area contributed by atoms with Crippen LogP contribution in [0.15, 0.2) is 54.6 Å². The number of aromatic nitrogens is 2. The van der Waals surface area contributed by atoms with E-state index in [9.17, 15) is 24.3 Å². The summed E-state index contributed by atoms with van der Waals surface area (Å²) in [5.74, 6) is -5.25. The number of hydrogen-bond acceptors (Lipinski definition) is 10. The number of rotatable bonds is 13. The fourth-order valence-electron chi connectivity index (χ4n) is 12.6. The quantitative estimate of drug-likeness (QED) is 0.0837. The van der Waals surface area contributed by atoms with Crippen LogP contribution in [0.3, 0.4) is 0 Å². The van der Waals surface area contributed by atoms with Crippen LogP contribution in [0.4, 0.5) is 13.2 Å². The minimum absolute atomic E-state index is 0.0172. The Bertz CT molecular complexity index is 3010. The van der Waals surface area contributed by atoms with Crippen molar-refractivity contribution in [2.45, 2.75) is 107 Å². The third-order valence-corrected chi connectivity index (χ3v) is 17.3. The number of carbonyl (C=O) groups excluding carboxylic acids is 4. The van der Waals surface area contributed by atoms with Gasteiger partial charge < -0.3 is 35.4 Å². The summed E-state index contributed by atoms with van der Waals surface area (Å²) in [5.41, 5.74) is 6.54. The summed E-state index contributed by atoms with van der Waals surface area (Å²) in [6.45, 7) is 4.43. The summed E-state index contributed by atoms with van der Waals surface area (Å²) in [6, 6.07) is 15.6. The van der Waals surface area contributed by atoms with Gasteiger partial charge in [0.15, 0.2) is 23.0 Å². The van der Waals surface area contributed by atoms with Crippen molar-refractivity contribution in [3.05, 3.63) is 110 Å². The van der Waals surface area contributed by atoms with Crippen molar-refractivity contribution >= 4 is 57.7 Å². The Labute approximate surface area is 437 Å². The SMILES string of the molecule is C[C@H]1c2c(cc(Cl)c(Cl)c2-c2c(C(N)=O)ccc(OCCO)c2F)O[C@]1(CNC1CCC(C(=O)N2CCC(N3CCC(c4c(F)cc5c(C6CCC(=O)NC6=O)nn(C)c5c4F)CC3)CC2)CC1)c1ccccc1. The van der Waals surface area contributed by atoms with E-state index in [1.165, 1.54) is 22.9 Å². The molecule has 1 aliphatic carbocycles. The Hall–Kier alpha value is -5.72. The summed E-state index contributed by atoms with van der Waals surface area (Å²) < 4.78 is 62.6. The number of likely N-dealkylation sites (tertiary alicyclic amines) is 2. The molecule has 0 radical (unpaired) electrons. The molecule has 3 atom stereocenters. The third kappa shape index (κ3) is 9.41. The number of benzene rings is 4. The lowest BCUT2D eigenvalue weighted by Gasteiger charge is -2.43. The maximum Gasteiger partial charge on any atom is 0.249 e. The Morgan fingerprint density at radius 2 is 1.64 bits per heavy atom. The van der Waals surface area contributed by atoms with E-state index in [2.05, 4.69) is 20.6 Å². The fourth-order valence-corrected chi connectivity index (χ4v) is 13.0. The highest BCUT2D eigenvalue weighted by Crippen LogP contribution is 2.57. The Balaban J connectivity index is 0.758. The highest BCUT2D eigenvalue weighted by Gasteiger charge is 2.50. The van der Waals surface area contributed by atoms with Crippen LogP contribution in [0.1, 0.15) is 122 Å². The minimum atomic E-state index is -1.03. The number of piperidine rings is 3. The van der Waals surface area contributed by atoms with Gasteiger partial charge in [0, 0.05) is 90.7 Å². The fraction of sp³-hybridized carbons (Fsp3) is 0.473. The summed E-state index contributed by atoms with van der Waals surface area (Å²) >= 11 is 13.7. The molecule has 5 N–H and O–H groups in total. The van der Waals surface area contributed by atoms with Crippen molar-refractivity contribution in [1.82, 2.24) is 30.2 Å². The highest BCUT2D eigenvalue weighted by atomic mass is 35.5.